The highest BCUT2D eigenvalue weighted by Gasteiger charge is 2.53. The molecule has 0 aliphatic carbocycles. The fourth-order valence-electron chi connectivity index (χ4n) is 9.76. The Hall–Kier alpha value is -3.03. The maximum absolute atomic E-state index is 13.2. The zero-order valence-electron chi connectivity index (χ0n) is 48.5. The van der Waals surface area contributed by atoms with Gasteiger partial charge in [0, 0.05) is 6.42 Å². The Balaban J connectivity index is 1.28. The Morgan fingerprint density at radius 1 is 0.457 bits per heavy atom. The molecule has 1 amide bonds. The largest absolute Gasteiger partial charge is 0.394 e. The number of hydrogen-bond acceptors (Lipinski definition) is 18. The van der Waals surface area contributed by atoms with Crippen LogP contribution in [0.3, 0.4) is 0 Å². The van der Waals surface area contributed by atoms with Gasteiger partial charge in [-0.1, -0.05) is 176 Å². The second-order valence-electron chi connectivity index (χ2n) is 21.4. The van der Waals surface area contributed by atoms with E-state index in [0.717, 1.165) is 89.9 Å². The van der Waals surface area contributed by atoms with Crippen LogP contribution in [-0.4, -0.2) is 193 Å². The third kappa shape index (κ3) is 28.1. The molecule has 0 aromatic rings. The van der Waals surface area contributed by atoms with E-state index in [2.05, 4.69) is 97.3 Å². The highest BCUT2D eigenvalue weighted by atomic mass is 16.8. The van der Waals surface area contributed by atoms with E-state index >= 15 is 0 Å². The second-order valence-corrected chi connectivity index (χ2v) is 21.4. The van der Waals surface area contributed by atoms with Crippen LogP contribution in [0.1, 0.15) is 168 Å². The van der Waals surface area contributed by atoms with Crippen molar-refractivity contribution in [1.29, 1.82) is 0 Å². The summed E-state index contributed by atoms with van der Waals surface area (Å²) in [7, 11) is 0. The lowest BCUT2D eigenvalue weighted by Crippen LogP contribution is -2.66. The summed E-state index contributed by atoms with van der Waals surface area (Å²) >= 11 is 0. The molecule has 3 aliphatic heterocycles. The number of carbonyl (C=O) groups excluding carboxylic acids is 1. The smallest absolute Gasteiger partial charge is 0.220 e. The highest BCUT2D eigenvalue weighted by Crippen LogP contribution is 2.33. The number of aliphatic hydroxyl groups excluding tert-OH is 11. The Labute approximate surface area is 482 Å². The van der Waals surface area contributed by atoms with E-state index in [1.165, 1.54) is 38.5 Å². The van der Waals surface area contributed by atoms with Crippen molar-refractivity contribution in [2.24, 2.45) is 0 Å². The van der Waals surface area contributed by atoms with E-state index in [-0.39, 0.29) is 18.9 Å². The molecule has 81 heavy (non-hydrogen) atoms. The first-order valence-electron chi connectivity index (χ1n) is 30.3. The zero-order chi connectivity index (χ0) is 59.0. The molecular weight excluding hydrogens is 1050 g/mol. The molecule has 0 spiro atoms. The average molecular weight is 1150 g/mol. The lowest BCUT2D eigenvalue weighted by atomic mass is 9.96. The minimum absolute atomic E-state index is 0.254. The molecule has 0 saturated carbocycles. The maximum atomic E-state index is 13.2. The van der Waals surface area contributed by atoms with Gasteiger partial charge in [-0.2, -0.15) is 0 Å². The number of nitrogens with one attached hydrogen (secondary N) is 1. The van der Waals surface area contributed by atoms with Gasteiger partial charge < -0.3 is 89.9 Å². The zero-order valence-corrected chi connectivity index (χ0v) is 48.5. The van der Waals surface area contributed by atoms with Crippen molar-refractivity contribution in [3.63, 3.8) is 0 Å². The predicted molar refractivity (Wildman–Crippen MR) is 309 cm³/mol. The van der Waals surface area contributed by atoms with Gasteiger partial charge in [0.25, 0.3) is 0 Å². The topological polar surface area (TPSA) is 307 Å². The first-order chi connectivity index (χ1) is 39.3. The summed E-state index contributed by atoms with van der Waals surface area (Å²) < 4.78 is 34.0. The number of carbonyl (C=O) groups is 1. The van der Waals surface area contributed by atoms with E-state index in [1.54, 1.807) is 0 Å². The van der Waals surface area contributed by atoms with Gasteiger partial charge in [-0.25, -0.2) is 0 Å². The lowest BCUT2D eigenvalue weighted by molar-refractivity contribution is -0.379. The van der Waals surface area contributed by atoms with Gasteiger partial charge in [0.1, 0.15) is 73.2 Å². The van der Waals surface area contributed by atoms with Crippen molar-refractivity contribution < 1.29 is 89.4 Å². The summed E-state index contributed by atoms with van der Waals surface area (Å²) in [6.45, 7) is 1.45. The van der Waals surface area contributed by atoms with Crippen molar-refractivity contribution >= 4 is 5.91 Å². The molecule has 0 aromatic carbocycles. The molecule has 3 saturated heterocycles. The van der Waals surface area contributed by atoms with Crippen LogP contribution >= 0.6 is 0 Å². The SMILES string of the molecule is CC/C=C\C/C=C\C/C=C\C/C=C\C/C=C\C/C=C\C/C=C\CCCCCCCCCCCCCC(=O)NC(COC1OC(CO)C(OC2OC(CO)C(OC3OC(CO)C(O)C(O)C3O)C(O)C2O)C(O)C1O)C(O)CCCCC. The third-order valence-electron chi connectivity index (χ3n) is 14.7. The van der Waals surface area contributed by atoms with Gasteiger partial charge in [-0.05, 0) is 70.6 Å². The molecule has 19 heteroatoms. The first kappa shape index (κ1) is 72.2. The lowest BCUT2D eigenvalue weighted by Gasteiger charge is -2.48. The summed E-state index contributed by atoms with van der Waals surface area (Å²) in [5.41, 5.74) is 0. The van der Waals surface area contributed by atoms with Crippen molar-refractivity contribution in [2.45, 2.75) is 272 Å². The van der Waals surface area contributed by atoms with Gasteiger partial charge in [-0.3, -0.25) is 4.79 Å². The molecule has 3 aliphatic rings. The molecule has 3 fully saturated rings. The van der Waals surface area contributed by atoms with Gasteiger partial charge in [0.15, 0.2) is 18.9 Å². The molecule has 3 rings (SSSR count). The normalized spacial score (nSPS) is 30.4. The monoisotopic (exact) mass is 1150 g/mol. The fourth-order valence-corrected chi connectivity index (χ4v) is 9.76. The van der Waals surface area contributed by atoms with Crippen LogP contribution in [-0.2, 0) is 33.2 Å². The van der Waals surface area contributed by atoms with E-state index in [1.807, 2.05) is 6.92 Å². The van der Waals surface area contributed by atoms with Gasteiger partial charge >= 0.3 is 0 Å². The van der Waals surface area contributed by atoms with Crippen molar-refractivity contribution in [2.75, 3.05) is 26.4 Å². The van der Waals surface area contributed by atoms with Crippen molar-refractivity contribution in [3.05, 3.63) is 85.1 Å². The average Bonchev–Trinajstić information content (AvgIpc) is 3.55. The number of allylic oxidation sites excluding steroid dienone is 14. The van der Waals surface area contributed by atoms with E-state index in [4.69, 9.17) is 28.4 Å². The van der Waals surface area contributed by atoms with E-state index < -0.39 is 124 Å². The third-order valence-corrected chi connectivity index (χ3v) is 14.7. The van der Waals surface area contributed by atoms with Gasteiger partial charge in [-0.15, -0.1) is 0 Å². The molecule has 0 radical (unpaired) electrons. The van der Waals surface area contributed by atoms with E-state index in [9.17, 15) is 61.0 Å². The Morgan fingerprint density at radius 2 is 0.852 bits per heavy atom. The molecule has 3 heterocycles. The predicted octanol–water partition coefficient (Wildman–Crippen LogP) is 5.59. The second kappa shape index (κ2) is 44.4. The summed E-state index contributed by atoms with van der Waals surface area (Å²) in [6.07, 6.45) is 28.1. The molecule has 0 aromatic heterocycles. The highest BCUT2D eigenvalue weighted by molar-refractivity contribution is 5.76. The van der Waals surface area contributed by atoms with Crippen LogP contribution < -0.4 is 5.32 Å². The van der Waals surface area contributed by atoms with Crippen LogP contribution in [0, 0.1) is 0 Å². The van der Waals surface area contributed by atoms with E-state index in [0.29, 0.717) is 19.3 Å². The van der Waals surface area contributed by atoms with Crippen LogP contribution in [0.25, 0.3) is 0 Å². The molecule has 19 nitrogen and oxygen atoms in total. The maximum Gasteiger partial charge on any atom is 0.220 e. The number of ether oxygens (including phenoxy) is 6. The van der Waals surface area contributed by atoms with Crippen LogP contribution in [0.5, 0.6) is 0 Å². The quantitative estimate of drug-likeness (QED) is 0.0261. The number of unbranched alkanes of at least 4 members (excludes halogenated alkanes) is 13. The first-order valence-corrected chi connectivity index (χ1v) is 30.3. The molecule has 17 unspecified atom stereocenters. The minimum Gasteiger partial charge on any atom is -0.394 e. The Kier molecular flexibility index (Phi) is 39.6. The van der Waals surface area contributed by atoms with Gasteiger partial charge in [0.2, 0.25) is 5.91 Å². The van der Waals surface area contributed by atoms with Crippen molar-refractivity contribution in [1.82, 2.24) is 5.32 Å². The molecule has 466 valence electrons. The van der Waals surface area contributed by atoms with Crippen molar-refractivity contribution in [3.8, 4) is 0 Å². The Morgan fingerprint density at radius 3 is 1.31 bits per heavy atom. The number of hydrogen-bond donors (Lipinski definition) is 12. The standard InChI is InChI=1S/C62H105NO18/c1-3-5-7-8-9-10-11-12-13-14-15-16-17-18-19-20-21-22-23-24-25-26-27-28-29-30-31-32-33-34-35-36-38-40-50(68)63-45(46(67)39-37-6-4-2)44-76-60-56(74)53(71)58(48(42-65)78-60)81-62-57(75)54(72)59(49(43-66)79-62)80-61-55(73)52(70)51(69)47(41-64)77-61/h5,7,9-10,12-13,15-16,18-19,21-22,24-25,45-49,51-62,64-67,69-75H,3-4,6,8,11,14,17,20,23,26-44H2,1-2H3,(H,63,68)/b7-5-,10-9-,13-12-,16-15-,19-18-,22-21-,25-24-. The molecule has 0 bridgehead atoms. The Bertz CT molecular complexity index is 1810. The summed E-state index contributed by atoms with van der Waals surface area (Å²) in [5, 5.41) is 119. The summed E-state index contributed by atoms with van der Waals surface area (Å²) in [5.74, 6) is -0.263. The van der Waals surface area contributed by atoms with Crippen LogP contribution in [0.2, 0.25) is 0 Å². The number of rotatable bonds is 43. The fraction of sp³-hybridized carbons (Fsp3) is 0.758. The van der Waals surface area contributed by atoms with Crippen LogP contribution in [0.15, 0.2) is 85.1 Å². The number of aliphatic hydroxyl groups is 11. The van der Waals surface area contributed by atoms with Crippen LogP contribution in [0.4, 0.5) is 0 Å². The molecule has 12 N–H and O–H groups in total. The molecular formula is C62H105NO18. The van der Waals surface area contributed by atoms with Gasteiger partial charge in [0.05, 0.1) is 38.6 Å². The summed E-state index contributed by atoms with van der Waals surface area (Å²) in [4.78, 5) is 13.2. The molecule has 17 atom stereocenters. The number of amides is 1. The minimum atomic E-state index is -1.97. The summed E-state index contributed by atoms with van der Waals surface area (Å²) in [6, 6.07) is -0.889.